The van der Waals surface area contributed by atoms with E-state index in [0.717, 1.165) is 10.2 Å². The fourth-order valence-corrected chi connectivity index (χ4v) is 1.74. The lowest BCUT2D eigenvalue weighted by atomic mass is 10.2. The molecule has 0 saturated heterocycles. The van der Waals surface area contributed by atoms with Crippen LogP contribution in [-0.4, -0.2) is 22.7 Å². The van der Waals surface area contributed by atoms with Crippen LogP contribution in [0.5, 0.6) is 0 Å². The third-order valence-electron chi connectivity index (χ3n) is 2.39. The average Bonchev–Trinajstić information content (AvgIpc) is 2.97. The first-order chi connectivity index (χ1) is 6.75. The number of aromatic nitrogens is 1. The topological polar surface area (TPSA) is 45.1 Å². The Morgan fingerprint density at radius 3 is 3.00 bits per heavy atom. The Kier molecular flexibility index (Phi) is 3.03. The van der Waals surface area contributed by atoms with Gasteiger partial charge in [0.1, 0.15) is 0 Å². The Bertz CT molecular complexity index is 315. The van der Waals surface area contributed by atoms with Crippen molar-refractivity contribution >= 4 is 21.6 Å². The highest BCUT2D eigenvalue weighted by Crippen LogP contribution is 2.32. The summed E-state index contributed by atoms with van der Waals surface area (Å²) in [7, 11) is 0. The number of nitrogens with zero attached hydrogens (tertiary/aromatic N) is 1. The van der Waals surface area contributed by atoms with Crippen LogP contribution in [0.15, 0.2) is 22.9 Å². The molecule has 1 saturated carbocycles. The maximum atomic E-state index is 9.62. The predicted octanol–water partition coefficient (Wildman–Crippen LogP) is 2.03. The largest absolute Gasteiger partial charge is 0.391 e. The molecule has 1 aliphatic carbocycles. The van der Waals surface area contributed by atoms with Crippen LogP contribution in [-0.2, 0) is 0 Å². The first-order valence-electron chi connectivity index (χ1n) is 4.78. The second kappa shape index (κ2) is 4.28. The van der Waals surface area contributed by atoms with Gasteiger partial charge in [0.05, 0.1) is 18.0 Å². The molecule has 0 aromatic carbocycles. The number of anilines is 1. The quantitative estimate of drug-likeness (QED) is 0.867. The summed E-state index contributed by atoms with van der Waals surface area (Å²) in [6.07, 6.45) is 5.61. The van der Waals surface area contributed by atoms with Gasteiger partial charge in [0.15, 0.2) is 0 Å². The highest BCUT2D eigenvalue weighted by Gasteiger charge is 2.29. The number of aliphatic hydroxyl groups is 1. The van der Waals surface area contributed by atoms with Gasteiger partial charge in [-0.2, -0.15) is 0 Å². The van der Waals surface area contributed by atoms with E-state index in [1.54, 1.807) is 12.4 Å². The molecule has 1 fully saturated rings. The molecule has 0 amide bonds. The Morgan fingerprint density at radius 1 is 1.57 bits per heavy atom. The first-order valence-corrected chi connectivity index (χ1v) is 5.57. The second-order valence-electron chi connectivity index (χ2n) is 3.68. The van der Waals surface area contributed by atoms with E-state index in [2.05, 4.69) is 26.2 Å². The normalized spacial score (nSPS) is 17.9. The summed E-state index contributed by atoms with van der Waals surface area (Å²) in [5.74, 6) is 0.516. The van der Waals surface area contributed by atoms with E-state index >= 15 is 0 Å². The van der Waals surface area contributed by atoms with E-state index in [1.807, 2.05) is 6.07 Å². The Balaban J connectivity index is 1.84. The van der Waals surface area contributed by atoms with Crippen LogP contribution in [0.1, 0.15) is 12.8 Å². The molecule has 1 aromatic rings. The summed E-state index contributed by atoms with van der Waals surface area (Å²) in [5, 5.41) is 12.8. The van der Waals surface area contributed by atoms with Gasteiger partial charge in [-0.05, 0) is 40.8 Å². The molecule has 1 heterocycles. The van der Waals surface area contributed by atoms with Crippen molar-refractivity contribution in [2.24, 2.45) is 5.92 Å². The van der Waals surface area contributed by atoms with Gasteiger partial charge in [-0.15, -0.1) is 0 Å². The number of nitrogens with one attached hydrogen (secondary N) is 1. The van der Waals surface area contributed by atoms with Gasteiger partial charge in [0.2, 0.25) is 0 Å². The van der Waals surface area contributed by atoms with Gasteiger partial charge >= 0.3 is 0 Å². The van der Waals surface area contributed by atoms with Crippen molar-refractivity contribution in [2.45, 2.75) is 18.9 Å². The van der Waals surface area contributed by atoms with Gasteiger partial charge in [0, 0.05) is 17.2 Å². The lowest BCUT2D eigenvalue weighted by Crippen LogP contribution is -2.21. The number of pyridine rings is 1. The van der Waals surface area contributed by atoms with Gasteiger partial charge in [-0.1, -0.05) is 0 Å². The fraction of sp³-hybridized carbons (Fsp3) is 0.500. The van der Waals surface area contributed by atoms with Crippen LogP contribution >= 0.6 is 15.9 Å². The summed E-state index contributed by atoms with van der Waals surface area (Å²) in [5.41, 5.74) is 0.944. The van der Waals surface area contributed by atoms with Crippen molar-refractivity contribution in [1.82, 2.24) is 4.98 Å². The molecule has 2 rings (SSSR count). The first kappa shape index (κ1) is 9.93. The molecule has 0 aliphatic heterocycles. The molecule has 1 atom stereocenters. The summed E-state index contributed by atoms with van der Waals surface area (Å²) in [6, 6.07) is 1.95. The molecular formula is C10H13BrN2O. The van der Waals surface area contributed by atoms with Crippen LogP contribution in [0.2, 0.25) is 0 Å². The van der Waals surface area contributed by atoms with E-state index in [-0.39, 0.29) is 6.10 Å². The highest BCUT2D eigenvalue weighted by atomic mass is 79.9. The molecule has 0 spiro atoms. The highest BCUT2D eigenvalue weighted by molar-refractivity contribution is 9.10. The van der Waals surface area contributed by atoms with Crippen LogP contribution in [0, 0.1) is 5.92 Å². The monoisotopic (exact) mass is 256 g/mol. The molecule has 2 N–H and O–H groups in total. The molecule has 0 radical (unpaired) electrons. The van der Waals surface area contributed by atoms with E-state index in [0.29, 0.717) is 12.5 Å². The molecule has 0 bridgehead atoms. The molecule has 76 valence electrons. The van der Waals surface area contributed by atoms with Crippen molar-refractivity contribution in [1.29, 1.82) is 0 Å². The summed E-state index contributed by atoms with van der Waals surface area (Å²) in [6.45, 7) is 0.614. The summed E-state index contributed by atoms with van der Waals surface area (Å²) in [4.78, 5) is 4.03. The molecule has 14 heavy (non-hydrogen) atoms. The molecule has 1 aromatic heterocycles. The van der Waals surface area contributed by atoms with Crippen LogP contribution in [0.25, 0.3) is 0 Å². The number of hydrogen-bond acceptors (Lipinski definition) is 3. The fourth-order valence-electron chi connectivity index (χ4n) is 1.38. The van der Waals surface area contributed by atoms with Crippen molar-refractivity contribution in [3.8, 4) is 0 Å². The van der Waals surface area contributed by atoms with Gasteiger partial charge < -0.3 is 10.4 Å². The Morgan fingerprint density at radius 2 is 2.36 bits per heavy atom. The number of aliphatic hydroxyl groups excluding tert-OH is 1. The summed E-state index contributed by atoms with van der Waals surface area (Å²) >= 11 is 3.35. The summed E-state index contributed by atoms with van der Waals surface area (Å²) < 4.78 is 0.948. The standard InChI is InChI=1S/C10H13BrN2O/c11-8-3-9(5-12-4-8)13-6-10(14)7-1-2-7/h3-5,7,10,13-14H,1-2,6H2. The molecule has 1 aliphatic rings. The van der Waals surface area contributed by atoms with Gasteiger partial charge in [-0.3, -0.25) is 4.98 Å². The predicted molar refractivity (Wildman–Crippen MR) is 59.2 cm³/mol. The molecule has 4 heteroatoms. The van der Waals surface area contributed by atoms with Gasteiger partial charge in [-0.25, -0.2) is 0 Å². The third-order valence-corrected chi connectivity index (χ3v) is 2.82. The molecule has 3 nitrogen and oxygen atoms in total. The van der Waals surface area contributed by atoms with Crippen LogP contribution in [0.4, 0.5) is 5.69 Å². The minimum Gasteiger partial charge on any atom is -0.391 e. The number of hydrogen-bond donors (Lipinski definition) is 2. The van der Waals surface area contributed by atoms with E-state index in [9.17, 15) is 5.11 Å². The van der Waals surface area contributed by atoms with E-state index in [4.69, 9.17) is 0 Å². The minimum atomic E-state index is -0.214. The zero-order valence-electron chi connectivity index (χ0n) is 7.78. The maximum Gasteiger partial charge on any atom is 0.0740 e. The molecule has 1 unspecified atom stereocenters. The number of halogens is 1. The SMILES string of the molecule is OC(CNc1cncc(Br)c1)C1CC1. The van der Waals surface area contributed by atoms with E-state index < -0.39 is 0 Å². The average molecular weight is 257 g/mol. The van der Waals surface area contributed by atoms with Crippen LogP contribution in [0.3, 0.4) is 0 Å². The zero-order chi connectivity index (χ0) is 9.97. The smallest absolute Gasteiger partial charge is 0.0740 e. The van der Waals surface area contributed by atoms with Crippen molar-refractivity contribution < 1.29 is 5.11 Å². The number of rotatable bonds is 4. The van der Waals surface area contributed by atoms with Gasteiger partial charge in [0.25, 0.3) is 0 Å². The van der Waals surface area contributed by atoms with Crippen LogP contribution < -0.4 is 5.32 Å². The van der Waals surface area contributed by atoms with Crippen molar-refractivity contribution in [2.75, 3.05) is 11.9 Å². The van der Waals surface area contributed by atoms with Crippen molar-refractivity contribution in [3.63, 3.8) is 0 Å². The Labute approximate surface area is 91.7 Å². The lowest BCUT2D eigenvalue weighted by Gasteiger charge is -2.11. The zero-order valence-corrected chi connectivity index (χ0v) is 9.37. The molecular weight excluding hydrogens is 244 g/mol. The third kappa shape index (κ3) is 2.69. The van der Waals surface area contributed by atoms with Crippen molar-refractivity contribution in [3.05, 3.63) is 22.9 Å². The second-order valence-corrected chi connectivity index (χ2v) is 4.59. The van der Waals surface area contributed by atoms with E-state index in [1.165, 1.54) is 12.8 Å². The minimum absolute atomic E-state index is 0.214. The lowest BCUT2D eigenvalue weighted by molar-refractivity contribution is 0.164. The Hall–Kier alpha value is -0.610. The maximum absolute atomic E-state index is 9.62.